The maximum Gasteiger partial charge on any atom is 0.416 e. The molecule has 7 nitrogen and oxygen atoms in total. The molecule has 0 amide bonds. The van der Waals surface area contributed by atoms with Crippen LogP contribution in [-0.4, -0.2) is 45.4 Å². The molecular formula is C26H28F3NO6S2. The smallest absolute Gasteiger partial charge is 0.416 e. The number of rotatable bonds is 10. The first-order valence-electron chi connectivity index (χ1n) is 11.5. The van der Waals surface area contributed by atoms with Crippen molar-refractivity contribution in [3.63, 3.8) is 0 Å². The first kappa shape index (κ1) is 29.6. The molecule has 0 N–H and O–H groups in total. The highest BCUT2D eigenvalue weighted by Gasteiger charge is 2.30. The van der Waals surface area contributed by atoms with Crippen LogP contribution in [0.25, 0.3) is 10.6 Å². The van der Waals surface area contributed by atoms with Gasteiger partial charge in [-0.15, -0.1) is 11.3 Å². The lowest BCUT2D eigenvalue weighted by Crippen LogP contribution is -2.28. The summed E-state index contributed by atoms with van der Waals surface area (Å²) in [6.07, 6.45) is -3.89. The van der Waals surface area contributed by atoms with Crippen molar-refractivity contribution in [3.05, 3.63) is 63.5 Å². The van der Waals surface area contributed by atoms with Gasteiger partial charge in [-0.05, 0) is 61.7 Å². The molecule has 1 atom stereocenters. The van der Waals surface area contributed by atoms with Crippen molar-refractivity contribution >= 4 is 27.1 Å². The Bertz CT molecular complexity index is 1380. The Kier molecular flexibility index (Phi) is 9.21. The van der Waals surface area contributed by atoms with Gasteiger partial charge < -0.3 is 14.2 Å². The molecule has 0 fully saturated rings. The molecule has 1 aromatic heterocycles. The molecule has 3 rings (SSSR count). The van der Waals surface area contributed by atoms with E-state index in [1.165, 1.54) is 19.2 Å². The maximum atomic E-state index is 12.9. The molecule has 38 heavy (non-hydrogen) atoms. The van der Waals surface area contributed by atoms with Crippen LogP contribution in [0.2, 0.25) is 0 Å². The Balaban J connectivity index is 1.85. The van der Waals surface area contributed by atoms with Crippen molar-refractivity contribution < 1.29 is 40.6 Å². The normalized spacial score (nSPS) is 12.8. The molecule has 0 aliphatic rings. The Labute approximate surface area is 223 Å². The van der Waals surface area contributed by atoms with Gasteiger partial charge in [-0.2, -0.15) is 13.2 Å². The number of benzene rings is 2. The standard InChI is InChI=1S/C26H28F3NO6S2/c1-6-35-21(25(31)34-4)13-20-15(2)11-19(12-16(20)3)36-14-22-24(38(5,32)33)30-23(37-22)17-7-9-18(10-8-17)26(27,28)29/h7-12,21H,6,13-14H2,1-5H3. The molecule has 0 radical (unpaired) electrons. The summed E-state index contributed by atoms with van der Waals surface area (Å²) in [6.45, 7) is 5.77. The number of aromatic nitrogens is 1. The fourth-order valence-electron chi connectivity index (χ4n) is 3.88. The van der Waals surface area contributed by atoms with Crippen molar-refractivity contribution in [3.8, 4) is 16.3 Å². The zero-order valence-corrected chi connectivity index (χ0v) is 23.1. The molecule has 1 unspecified atom stereocenters. The summed E-state index contributed by atoms with van der Waals surface area (Å²) in [5, 5.41) is 0.0883. The third kappa shape index (κ3) is 7.12. The van der Waals surface area contributed by atoms with E-state index >= 15 is 0 Å². The van der Waals surface area contributed by atoms with Crippen LogP contribution < -0.4 is 4.74 Å². The number of halogens is 3. The van der Waals surface area contributed by atoms with Crippen LogP contribution in [0, 0.1) is 13.8 Å². The highest BCUT2D eigenvalue weighted by molar-refractivity contribution is 7.90. The van der Waals surface area contributed by atoms with Gasteiger partial charge in [0.25, 0.3) is 0 Å². The number of alkyl halides is 3. The zero-order valence-electron chi connectivity index (χ0n) is 21.5. The number of thiazole rings is 1. The Morgan fingerprint density at radius 3 is 2.21 bits per heavy atom. The van der Waals surface area contributed by atoms with Gasteiger partial charge in [0.15, 0.2) is 21.0 Å². The van der Waals surface area contributed by atoms with Crippen molar-refractivity contribution in [1.82, 2.24) is 4.98 Å². The predicted octanol–water partition coefficient (Wildman–Crippen LogP) is 5.55. The summed E-state index contributed by atoms with van der Waals surface area (Å²) >= 11 is 1.04. The number of carbonyl (C=O) groups excluding carboxylic acids is 1. The van der Waals surface area contributed by atoms with Crippen molar-refractivity contribution in [2.45, 2.75) is 51.1 Å². The Morgan fingerprint density at radius 2 is 1.71 bits per heavy atom. The van der Waals surface area contributed by atoms with E-state index in [4.69, 9.17) is 14.2 Å². The van der Waals surface area contributed by atoms with Crippen LogP contribution >= 0.6 is 11.3 Å². The highest BCUT2D eigenvalue weighted by atomic mass is 32.2. The molecule has 206 valence electrons. The number of hydrogen-bond donors (Lipinski definition) is 0. The second-order valence-corrected chi connectivity index (χ2v) is 11.6. The van der Waals surface area contributed by atoms with Crippen LogP contribution in [0.15, 0.2) is 41.4 Å². The van der Waals surface area contributed by atoms with Crippen molar-refractivity contribution in [1.29, 1.82) is 0 Å². The first-order chi connectivity index (χ1) is 17.7. The molecule has 0 bridgehead atoms. The van der Waals surface area contributed by atoms with Gasteiger partial charge >= 0.3 is 12.1 Å². The fourth-order valence-corrected chi connectivity index (χ4v) is 6.12. The lowest BCUT2D eigenvalue weighted by atomic mass is 9.97. The molecule has 0 spiro atoms. The lowest BCUT2D eigenvalue weighted by molar-refractivity contribution is -0.153. The van der Waals surface area contributed by atoms with Crippen LogP contribution in [0.4, 0.5) is 13.2 Å². The maximum absolute atomic E-state index is 12.9. The van der Waals surface area contributed by atoms with Crippen LogP contribution in [0.1, 0.15) is 34.1 Å². The number of aryl methyl sites for hydroxylation is 2. The predicted molar refractivity (Wildman–Crippen MR) is 137 cm³/mol. The lowest BCUT2D eigenvalue weighted by Gasteiger charge is -2.18. The first-order valence-corrected chi connectivity index (χ1v) is 14.2. The third-order valence-corrected chi connectivity index (χ3v) is 7.98. The van der Waals surface area contributed by atoms with E-state index < -0.39 is 33.7 Å². The molecular weight excluding hydrogens is 543 g/mol. The third-order valence-electron chi connectivity index (χ3n) is 5.73. The van der Waals surface area contributed by atoms with Crippen molar-refractivity contribution in [2.24, 2.45) is 0 Å². The second kappa shape index (κ2) is 11.8. The average Bonchev–Trinajstić information content (AvgIpc) is 3.28. The van der Waals surface area contributed by atoms with Gasteiger partial charge in [-0.1, -0.05) is 12.1 Å². The van der Waals surface area contributed by atoms with E-state index in [2.05, 4.69) is 4.98 Å². The molecule has 12 heteroatoms. The summed E-state index contributed by atoms with van der Waals surface area (Å²) in [5.74, 6) is 0.0204. The largest absolute Gasteiger partial charge is 0.488 e. The van der Waals surface area contributed by atoms with E-state index in [1.54, 1.807) is 19.1 Å². The number of nitrogens with zero attached hydrogens (tertiary/aromatic N) is 1. The number of hydrogen-bond acceptors (Lipinski definition) is 8. The minimum absolute atomic E-state index is 0.108. The average molecular weight is 572 g/mol. The monoisotopic (exact) mass is 571 g/mol. The van der Waals surface area contributed by atoms with Gasteiger partial charge in [-0.3, -0.25) is 0 Å². The fraction of sp³-hybridized carbons (Fsp3) is 0.385. The van der Waals surface area contributed by atoms with Gasteiger partial charge in [0.1, 0.15) is 17.4 Å². The van der Waals surface area contributed by atoms with Crippen molar-refractivity contribution in [2.75, 3.05) is 20.0 Å². The zero-order chi connectivity index (χ0) is 28.3. The van der Waals surface area contributed by atoms with E-state index in [-0.39, 0.29) is 16.6 Å². The molecule has 0 aliphatic heterocycles. The van der Waals surface area contributed by atoms with Crippen LogP contribution in [-0.2, 0) is 43.3 Å². The quantitative estimate of drug-likeness (QED) is 0.295. The molecule has 0 saturated heterocycles. The topological polar surface area (TPSA) is 91.8 Å². The highest BCUT2D eigenvalue weighted by Crippen LogP contribution is 2.35. The van der Waals surface area contributed by atoms with Gasteiger partial charge in [0.05, 0.1) is 17.6 Å². The Morgan fingerprint density at radius 1 is 1.11 bits per heavy atom. The molecule has 3 aromatic rings. The molecule has 0 aliphatic carbocycles. The summed E-state index contributed by atoms with van der Waals surface area (Å²) in [7, 11) is -2.42. The number of carbonyl (C=O) groups is 1. The minimum atomic E-state index is -4.48. The summed E-state index contributed by atoms with van der Waals surface area (Å²) in [5.41, 5.74) is 2.17. The molecule has 0 saturated carbocycles. The molecule has 1 heterocycles. The van der Waals surface area contributed by atoms with E-state index in [0.29, 0.717) is 29.2 Å². The second-order valence-electron chi connectivity index (χ2n) is 8.59. The number of methoxy groups -OCH3 is 1. The van der Waals surface area contributed by atoms with Gasteiger partial charge in [0.2, 0.25) is 0 Å². The molecule has 2 aromatic carbocycles. The van der Waals surface area contributed by atoms with Crippen LogP contribution in [0.3, 0.4) is 0 Å². The summed E-state index contributed by atoms with van der Waals surface area (Å²) in [4.78, 5) is 16.6. The van der Waals surface area contributed by atoms with Gasteiger partial charge in [0, 0.05) is 24.8 Å². The SMILES string of the molecule is CCOC(Cc1c(C)cc(OCc2sc(-c3ccc(C(F)(F)F)cc3)nc2S(C)(=O)=O)cc1C)C(=O)OC. The number of ether oxygens (including phenoxy) is 3. The summed E-state index contributed by atoms with van der Waals surface area (Å²) in [6, 6.07) is 7.93. The number of esters is 1. The Hall–Kier alpha value is -2.96. The number of sulfone groups is 1. The van der Waals surface area contributed by atoms with E-state index in [9.17, 15) is 26.4 Å². The minimum Gasteiger partial charge on any atom is -0.488 e. The van der Waals surface area contributed by atoms with E-state index in [1.807, 2.05) is 13.8 Å². The van der Waals surface area contributed by atoms with E-state index in [0.717, 1.165) is 46.4 Å². The van der Waals surface area contributed by atoms with Crippen LogP contribution in [0.5, 0.6) is 5.75 Å². The summed E-state index contributed by atoms with van der Waals surface area (Å²) < 4.78 is 79.7. The van der Waals surface area contributed by atoms with Gasteiger partial charge in [-0.25, -0.2) is 18.2 Å².